The number of halogens is 2. The van der Waals surface area contributed by atoms with E-state index in [0.717, 1.165) is 6.07 Å². The van der Waals surface area contributed by atoms with Gasteiger partial charge in [0.1, 0.15) is 22.6 Å². The average Bonchev–Trinajstić information content (AvgIpc) is 2.97. The van der Waals surface area contributed by atoms with Gasteiger partial charge in [-0.3, -0.25) is 4.98 Å². The second kappa shape index (κ2) is 6.43. The highest BCUT2D eigenvalue weighted by atomic mass is 35.5. The first-order valence-electron chi connectivity index (χ1n) is 6.99. The van der Waals surface area contributed by atoms with E-state index in [2.05, 4.69) is 4.98 Å². The van der Waals surface area contributed by atoms with Gasteiger partial charge in [-0.15, -0.1) is 0 Å². The molecule has 0 saturated carbocycles. The van der Waals surface area contributed by atoms with E-state index in [4.69, 9.17) is 16.3 Å². The molecule has 1 fully saturated rings. The van der Waals surface area contributed by atoms with Gasteiger partial charge in [0.15, 0.2) is 0 Å². The highest BCUT2D eigenvalue weighted by Crippen LogP contribution is 2.30. The summed E-state index contributed by atoms with van der Waals surface area (Å²) in [6.45, 7) is 0.389. The standard InChI is InChI=1S/C15H14ClFN2O3S/c16-13-4-1-5-14(17)15(13)23(20,21)19-8-6-12(10-19)22-11-3-2-7-18-9-11/h1-5,7,9,12H,6,8,10H2/t12-/m1/s1. The van der Waals surface area contributed by atoms with Gasteiger partial charge in [-0.2, -0.15) is 4.31 Å². The van der Waals surface area contributed by atoms with Crippen molar-refractivity contribution in [2.45, 2.75) is 17.4 Å². The highest BCUT2D eigenvalue weighted by Gasteiger charge is 2.36. The maximum absolute atomic E-state index is 13.9. The fraction of sp³-hybridized carbons (Fsp3) is 0.267. The van der Waals surface area contributed by atoms with Crippen LogP contribution in [0.5, 0.6) is 5.75 Å². The minimum Gasteiger partial charge on any atom is -0.487 e. The quantitative estimate of drug-likeness (QED) is 0.845. The summed E-state index contributed by atoms with van der Waals surface area (Å²) < 4.78 is 46.0. The molecule has 1 aromatic carbocycles. The van der Waals surface area contributed by atoms with E-state index in [1.54, 1.807) is 24.5 Å². The molecule has 5 nitrogen and oxygen atoms in total. The first-order chi connectivity index (χ1) is 11.0. The summed E-state index contributed by atoms with van der Waals surface area (Å²) in [4.78, 5) is 3.46. The SMILES string of the molecule is O=S(=O)(c1c(F)cccc1Cl)N1CC[C@@H](Oc2cccnc2)C1. The molecule has 2 aromatic rings. The molecular formula is C15H14ClFN2O3S. The second-order valence-electron chi connectivity index (χ2n) is 5.13. The van der Waals surface area contributed by atoms with E-state index in [-0.39, 0.29) is 24.2 Å². The van der Waals surface area contributed by atoms with Gasteiger partial charge in [0.2, 0.25) is 10.0 Å². The maximum atomic E-state index is 13.9. The zero-order valence-electron chi connectivity index (χ0n) is 12.0. The highest BCUT2D eigenvalue weighted by molar-refractivity contribution is 7.89. The Morgan fingerprint density at radius 3 is 2.83 bits per heavy atom. The van der Waals surface area contributed by atoms with E-state index in [1.807, 2.05) is 0 Å². The Morgan fingerprint density at radius 1 is 1.30 bits per heavy atom. The first-order valence-corrected chi connectivity index (χ1v) is 8.81. The van der Waals surface area contributed by atoms with Gasteiger partial charge in [-0.1, -0.05) is 17.7 Å². The summed E-state index contributed by atoms with van der Waals surface area (Å²) in [5.41, 5.74) is 0. The summed E-state index contributed by atoms with van der Waals surface area (Å²) in [6.07, 6.45) is 3.39. The molecule has 0 amide bonds. The summed E-state index contributed by atoms with van der Waals surface area (Å²) in [7, 11) is -3.99. The van der Waals surface area contributed by atoms with Gasteiger partial charge in [-0.05, 0) is 30.7 Å². The molecule has 0 bridgehead atoms. The van der Waals surface area contributed by atoms with Crippen LogP contribution in [0, 0.1) is 5.82 Å². The zero-order chi connectivity index (χ0) is 16.4. The molecule has 1 aromatic heterocycles. The van der Waals surface area contributed by atoms with Crippen LogP contribution >= 0.6 is 11.6 Å². The monoisotopic (exact) mass is 356 g/mol. The van der Waals surface area contributed by atoms with Gasteiger partial charge in [-0.25, -0.2) is 12.8 Å². The van der Waals surface area contributed by atoms with Crippen LogP contribution in [0.15, 0.2) is 47.6 Å². The molecule has 0 aliphatic carbocycles. The third-order valence-corrected chi connectivity index (χ3v) is 5.93. The number of sulfonamides is 1. The summed E-state index contributed by atoms with van der Waals surface area (Å²) in [5.74, 6) is -0.283. The van der Waals surface area contributed by atoms with E-state index < -0.39 is 20.7 Å². The lowest BCUT2D eigenvalue weighted by Crippen LogP contribution is -2.31. The van der Waals surface area contributed by atoms with Crippen LogP contribution in [0.1, 0.15) is 6.42 Å². The van der Waals surface area contributed by atoms with Crippen molar-refractivity contribution in [3.8, 4) is 5.75 Å². The number of pyridine rings is 1. The largest absolute Gasteiger partial charge is 0.487 e. The van der Waals surface area contributed by atoms with Crippen LogP contribution < -0.4 is 4.74 Å². The number of hydrogen-bond donors (Lipinski definition) is 0. The number of nitrogens with zero attached hydrogens (tertiary/aromatic N) is 2. The fourth-order valence-corrected chi connectivity index (χ4v) is 4.53. The molecule has 0 N–H and O–H groups in total. The van der Waals surface area contributed by atoms with Crippen LogP contribution in [0.25, 0.3) is 0 Å². The van der Waals surface area contributed by atoms with E-state index >= 15 is 0 Å². The molecule has 0 radical (unpaired) electrons. The van der Waals surface area contributed by atoms with Gasteiger partial charge in [0.05, 0.1) is 17.8 Å². The van der Waals surface area contributed by atoms with E-state index in [1.165, 1.54) is 16.4 Å². The average molecular weight is 357 g/mol. The zero-order valence-corrected chi connectivity index (χ0v) is 13.6. The van der Waals surface area contributed by atoms with Crippen molar-refractivity contribution >= 4 is 21.6 Å². The molecule has 1 atom stereocenters. The molecule has 1 aliphatic heterocycles. The molecule has 8 heteroatoms. The second-order valence-corrected chi connectivity index (χ2v) is 7.41. The van der Waals surface area contributed by atoms with Crippen LogP contribution in [0.4, 0.5) is 4.39 Å². The third-order valence-electron chi connectivity index (χ3n) is 3.56. The molecule has 0 unspecified atom stereocenters. The van der Waals surface area contributed by atoms with Crippen LogP contribution in [-0.2, 0) is 10.0 Å². The van der Waals surface area contributed by atoms with Crippen molar-refractivity contribution < 1.29 is 17.5 Å². The summed E-state index contributed by atoms with van der Waals surface area (Å²) >= 11 is 5.87. The van der Waals surface area contributed by atoms with Gasteiger partial charge in [0, 0.05) is 12.7 Å². The minimum absolute atomic E-state index is 0.123. The third kappa shape index (κ3) is 3.31. The Balaban J connectivity index is 1.78. The number of aromatic nitrogens is 1. The summed E-state index contributed by atoms with van der Waals surface area (Å²) in [5, 5.41) is -0.123. The number of ether oxygens (including phenoxy) is 1. The number of hydrogen-bond acceptors (Lipinski definition) is 4. The van der Waals surface area contributed by atoms with E-state index in [9.17, 15) is 12.8 Å². The normalized spacial score (nSPS) is 19.0. The predicted octanol–water partition coefficient (Wildman–Crippen LogP) is 2.72. The van der Waals surface area contributed by atoms with Crippen molar-refractivity contribution in [1.29, 1.82) is 0 Å². The Labute approximate surface area is 138 Å². The van der Waals surface area contributed by atoms with Crippen molar-refractivity contribution in [2.75, 3.05) is 13.1 Å². The lowest BCUT2D eigenvalue weighted by atomic mass is 10.3. The minimum atomic E-state index is -3.99. The van der Waals surface area contributed by atoms with E-state index in [0.29, 0.717) is 12.2 Å². The molecule has 122 valence electrons. The van der Waals surface area contributed by atoms with Crippen molar-refractivity contribution in [1.82, 2.24) is 9.29 Å². The number of rotatable bonds is 4. The lowest BCUT2D eigenvalue weighted by Gasteiger charge is -2.18. The molecule has 23 heavy (non-hydrogen) atoms. The Bertz CT molecular complexity index is 781. The first kappa shape index (κ1) is 16.2. The smallest absolute Gasteiger partial charge is 0.247 e. The van der Waals surface area contributed by atoms with Crippen LogP contribution in [-0.4, -0.2) is 36.9 Å². The predicted molar refractivity (Wildman–Crippen MR) is 83.4 cm³/mol. The topological polar surface area (TPSA) is 59.5 Å². The van der Waals surface area contributed by atoms with Crippen molar-refractivity contribution in [3.05, 3.63) is 53.6 Å². The fourth-order valence-electron chi connectivity index (χ4n) is 2.48. The lowest BCUT2D eigenvalue weighted by molar-refractivity contribution is 0.214. The van der Waals surface area contributed by atoms with Crippen LogP contribution in [0.3, 0.4) is 0 Å². The molecule has 1 aliphatic rings. The maximum Gasteiger partial charge on any atom is 0.247 e. The van der Waals surface area contributed by atoms with Gasteiger partial charge < -0.3 is 4.74 Å². The summed E-state index contributed by atoms with van der Waals surface area (Å²) in [6, 6.07) is 7.29. The molecular weight excluding hydrogens is 343 g/mol. The number of benzene rings is 1. The molecule has 0 spiro atoms. The van der Waals surface area contributed by atoms with Crippen molar-refractivity contribution in [3.63, 3.8) is 0 Å². The Hall–Kier alpha value is -1.70. The molecule has 1 saturated heterocycles. The van der Waals surface area contributed by atoms with Crippen LogP contribution in [0.2, 0.25) is 5.02 Å². The Morgan fingerprint density at radius 2 is 2.13 bits per heavy atom. The van der Waals surface area contributed by atoms with Gasteiger partial charge in [0.25, 0.3) is 0 Å². The molecule has 3 rings (SSSR count). The van der Waals surface area contributed by atoms with Crippen molar-refractivity contribution in [2.24, 2.45) is 0 Å². The molecule has 2 heterocycles. The van der Waals surface area contributed by atoms with Gasteiger partial charge >= 0.3 is 0 Å². The Kier molecular flexibility index (Phi) is 4.52.